The van der Waals surface area contributed by atoms with Crippen LogP contribution in [0.1, 0.15) is 58.3 Å². The lowest BCUT2D eigenvalue weighted by Crippen LogP contribution is -2.40. The van der Waals surface area contributed by atoms with Gasteiger partial charge in [0.05, 0.1) is 17.3 Å². The Morgan fingerprint density at radius 3 is 2.08 bits per heavy atom. The molecule has 0 amide bonds. The molecule has 1 aliphatic heterocycles. The van der Waals surface area contributed by atoms with Gasteiger partial charge in [0.1, 0.15) is 5.82 Å². The van der Waals surface area contributed by atoms with Crippen LogP contribution < -0.4 is 10.9 Å². The van der Waals surface area contributed by atoms with Crippen LogP contribution in [0.5, 0.6) is 0 Å². The lowest BCUT2D eigenvalue weighted by atomic mass is 9.97. The van der Waals surface area contributed by atoms with E-state index >= 15 is 0 Å². The van der Waals surface area contributed by atoms with Gasteiger partial charge in [-0.1, -0.05) is 84.9 Å². The van der Waals surface area contributed by atoms with Gasteiger partial charge in [-0.2, -0.15) is 0 Å². The summed E-state index contributed by atoms with van der Waals surface area (Å²) in [5.74, 6) is 0.763. The van der Waals surface area contributed by atoms with E-state index in [1.807, 2.05) is 54.9 Å². The molecule has 1 aromatic heterocycles. The third-order valence-electron chi connectivity index (χ3n) is 7.32. The molecule has 184 valence electrons. The average molecular weight is 479 g/mol. The van der Waals surface area contributed by atoms with Gasteiger partial charge in [0, 0.05) is 32.1 Å². The number of hydrogen-bond acceptors (Lipinski definition) is 4. The fourth-order valence-corrected chi connectivity index (χ4v) is 5.20. The second kappa shape index (κ2) is 10.6. The third kappa shape index (κ3) is 4.90. The molecule has 1 N–H and O–H groups in total. The number of rotatable bonds is 7. The van der Waals surface area contributed by atoms with Crippen LogP contribution in [0.4, 0.5) is 0 Å². The Bertz CT molecular complexity index is 1320. The molecule has 1 aliphatic rings. The maximum absolute atomic E-state index is 14.1. The van der Waals surface area contributed by atoms with Crippen molar-refractivity contribution < 1.29 is 0 Å². The Morgan fingerprint density at radius 1 is 0.889 bits per heavy atom. The number of hydrogen-bond donors (Lipinski definition) is 1. The monoisotopic (exact) mass is 478 g/mol. The number of aromatic nitrogens is 2. The second-order valence-corrected chi connectivity index (χ2v) is 9.70. The quantitative estimate of drug-likeness (QED) is 0.405. The fourth-order valence-electron chi connectivity index (χ4n) is 5.20. The summed E-state index contributed by atoms with van der Waals surface area (Å²) in [7, 11) is 1.98. The minimum Gasteiger partial charge on any atom is -0.313 e. The maximum Gasteiger partial charge on any atom is 0.259 e. The van der Waals surface area contributed by atoms with E-state index in [2.05, 4.69) is 65.7 Å². The van der Waals surface area contributed by atoms with Crippen molar-refractivity contribution in [3.8, 4) is 0 Å². The Labute approximate surface area is 213 Å². The van der Waals surface area contributed by atoms with Gasteiger partial charge in [-0.3, -0.25) is 14.3 Å². The van der Waals surface area contributed by atoms with Crippen LogP contribution in [0.3, 0.4) is 0 Å². The summed E-state index contributed by atoms with van der Waals surface area (Å²) >= 11 is 0. The van der Waals surface area contributed by atoms with Crippen LogP contribution in [-0.4, -0.2) is 28.0 Å². The highest BCUT2D eigenvalue weighted by Crippen LogP contribution is 2.27. The van der Waals surface area contributed by atoms with E-state index in [1.54, 1.807) is 0 Å². The van der Waals surface area contributed by atoms with Crippen molar-refractivity contribution in [2.24, 2.45) is 0 Å². The summed E-state index contributed by atoms with van der Waals surface area (Å²) in [5.41, 5.74) is 6.54. The Morgan fingerprint density at radius 2 is 1.50 bits per heavy atom. The van der Waals surface area contributed by atoms with Gasteiger partial charge in [0.15, 0.2) is 0 Å². The molecule has 0 aliphatic carbocycles. The molecule has 4 aromatic rings. The van der Waals surface area contributed by atoms with E-state index in [4.69, 9.17) is 4.98 Å². The van der Waals surface area contributed by atoms with E-state index in [0.29, 0.717) is 12.6 Å². The van der Waals surface area contributed by atoms with Gasteiger partial charge >= 0.3 is 0 Å². The van der Waals surface area contributed by atoms with Gasteiger partial charge in [0.25, 0.3) is 5.56 Å². The van der Waals surface area contributed by atoms with Crippen molar-refractivity contribution >= 4 is 0 Å². The number of nitrogens with zero attached hydrogens (tertiary/aromatic N) is 3. The van der Waals surface area contributed by atoms with Gasteiger partial charge < -0.3 is 5.32 Å². The SMILES string of the molecule is CNC(C)c1ccc(CN2CCc3nc(C)n(C(c4ccccc4)c4ccccc4)c(=O)c3C2)cc1. The average Bonchev–Trinajstić information content (AvgIpc) is 2.92. The van der Waals surface area contributed by atoms with Crippen molar-refractivity contribution in [1.29, 1.82) is 0 Å². The fraction of sp³-hybridized carbons (Fsp3) is 0.290. The molecule has 0 fully saturated rings. The Hall–Kier alpha value is -3.54. The van der Waals surface area contributed by atoms with Crippen LogP contribution in [0.25, 0.3) is 0 Å². The normalized spacial score (nSPS) is 14.6. The van der Waals surface area contributed by atoms with Gasteiger partial charge in [0.2, 0.25) is 0 Å². The van der Waals surface area contributed by atoms with Gasteiger partial charge in [-0.25, -0.2) is 4.98 Å². The van der Waals surface area contributed by atoms with E-state index in [-0.39, 0.29) is 11.6 Å². The summed E-state index contributed by atoms with van der Waals surface area (Å²) in [6.07, 6.45) is 0.794. The van der Waals surface area contributed by atoms with Crippen LogP contribution in [0, 0.1) is 6.92 Å². The molecule has 0 saturated carbocycles. The number of fused-ring (bicyclic) bond motifs is 1. The zero-order chi connectivity index (χ0) is 25.1. The molecule has 5 nitrogen and oxygen atoms in total. The van der Waals surface area contributed by atoms with Crippen molar-refractivity contribution in [3.05, 3.63) is 135 Å². The molecule has 0 spiro atoms. The van der Waals surface area contributed by atoms with Crippen LogP contribution >= 0.6 is 0 Å². The topological polar surface area (TPSA) is 50.2 Å². The van der Waals surface area contributed by atoms with E-state index in [1.165, 1.54) is 11.1 Å². The maximum atomic E-state index is 14.1. The molecule has 0 radical (unpaired) electrons. The molecule has 0 bridgehead atoms. The smallest absolute Gasteiger partial charge is 0.259 e. The number of benzene rings is 3. The zero-order valence-electron chi connectivity index (χ0n) is 21.3. The predicted molar refractivity (Wildman–Crippen MR) is 145 cm³/mol. The third-order valence-corrected chi connectivity index (χ3v) is 7.32. The first kappa shape index (κ1) is 24.2. The standard InChI is InChI=1S/C31H34N4O/c1-22(32-3)25-16-14-24(15-17-25)20-34-19-18-29-28(21-34)31(36)35(23(2)33-29)30(26-10-6-4-7-11-26)27-12-8-5-9-13-27/h4-17,22,30,32H,18-21H2,1-3H3. The highest BCUT2D eigenvalue weighted by Gasteiger charge is 2.27. The van der Waals surface area contributed by atoms with Crippen molar-refractivity contribution in [3.63, 3.8) is 0 Å². The largest absolute Gasteiger partial charge is 0.313 e. The lowest BCUT2D eigenvalue weighted by molar-refractivity contribution is 0.240. The minimum atomic E-state index is -0.213. The molecule has 0 saturated heterocycles. The second-order valence-electron chi connectivity index (χ2n) is 9.70. The first-order valence-electron chi connectivity index (χ1n) is 12.7. The van der Waals surface area contributed by atoms with Crippen LogP contribution in [0.2, 0.25) is 0 Å². The molecule has 2 heterocycles. The predicted octanol–water partition coefficient (Wildman–Crippen LogP) is 5.03. The molecule has 5 heteroatoms. The minimum absolute atomic E-state index is 0.0677. The van der Waals surface area contributed by atoms with Crippen molar-refractivity contribution in [2.75, 3.05) is 13.6 Å². The number of nitrogens with one attached hydrogen (secondary N) is 1. The highest BCUT2D eigenvalue weighted by atomic mass is 16.1. The summed E-state index contributed by atoms with van der Waals surface area (Å²) in [4.78, 5) is 21.4. The highest BCUT2D eigenvalue weighted by molar-refractivity contribution is 5.35. The summed E-state index contributed by atoms with van der Waals surface area (Å²) < 4.78 is 1.89. The first-order valence-corrected chi connectivity index (χ1v) is 12.7. The van der Waals surface area contributed by atoms with Crippen molar-refractivity contribution in [2.45, 2.75) is 45.4 Å². The van der Waals surface area contributed by atoms with Crippen LogP contribution in [-0.2, 0) is 19.5 Å². The molecule has 1 unspecified atom stereocenters. The molecule has 3 aromatic carbocycles. The molecular weight excluding hydrogens is 444 g/mol. The summed E-state index contributed by atoms with van der Waals surface area (Å²) in [6, 6.07) is 29.4. The van der Waals surface area contributed by atoms with E-state index in [9.17, 15) is 4.79 Å². The van der Waals surface area contributed by atoms with Gasteiger partial charge in [-0.05, 0) is 43.1 Å². The van der Waals surface area contributed by atoms with E-state index < -0.39 is 0 Å². The van der Waals surface area contributed by atoms with Crippen LogP contribution in [0.15, 0.2) is 89.7 Å². The van der Waals surface area contributed by atoms with Crippen molar-refractivity contribution in [1.82, 2.24) is 19.8 Å². The lowest BCUT2D eigenvalue weighted by Gasteiger charge is -2.30. The molecule has 1 atom stereocenters. The zero-order valence-corrected chi connectivity index (χ0v) is 21.3. The number of aryl methyl sites for hydroxylation is 1. The van der Waals surface area contributed by atoms with Gasteiger partial charge in [-0.15, -0.1) is 0 Å². The summed E-state index contributed by atoms with van der Waals surface area (Å²) in [5, 5.41) is 3.29. The Kier molecular flexibility index (Phi) is 7.12. The first-order chi connectivity index (χ1) is 17.5. The van der Waals surface area contributed by atoms with E-state index in [0.717, 1.165) is 47.7 Å². The Balaban J connectivity index is 1.48. The molecule has 36 heavy (non-hydrogen) atoms. The molecular formula is C31H34N4O. The molecule has 5 rings (SSSR count). The summed E-state index contributed by atoms with van der Waals surface area (Å²) in [6.45, 7) is 6.46.